The summed E-state index contributed by atoms with van der Waals surface area (Å²) in [5.74, 6) is 0.236. The topological polar surface area (TPSA) is 277 Å². The van der Waals surface area contributed by atoms with Gasteiger partial charge >= 0.3 is 46.8 Å². The lowest BCUT2D eigenvalue weighted by Gasteiger charge is -2.29. The largest absolute Gasteiger partial charge is 0.481 e. The zero-order valence-electron chi connectivity index (χ0n) is 80.2. The van der Waals surface area contributed by atoms with E-state index in [0.29, 0.717) is 30.1 Å². The van der Waals surface area contributed by atoms with Crippen molar-refractivity contribution in [3.63, 3.8) is 0 Å². The third kappa shape index (κ3) is 61.9. The van der Waals surface area contributed by atoms with E-state index in [9.17, 15) is 23.6 Å². The molecular formula is C86H179O22P7S7. The third-order valence-corrected chi connectivity index (χ3v) is 50.4. The van der Waals surface area contributed by atoms with E-state index >= 15 is 18.3 Å². The second kappa shape index (κ2) is 74.2. The van der Waals surface area contributed by atoms with E-state index in [2.05, 4.69) is 111 Å². The Hall–Kier alpha value is 3.01. The molecule has 0 aliphatic rings. The first-order valence-corrected chi connectivity index (χ1v) is 69.7. The average Bonchev–Trinajstić information content (AvgIpc) is 0.843. The van der Waals surface area contributed by atoms with Crippen molar-refractivity contribution >= 4 is 133 Å². The third-order valence-electron chi connectivity index (χ3n) is 21.7. The van der Waals surface area contributed by atoms with Crippen LogP contribution in [0.5, 0.6) is 0 Å². The molecule has 1 N–H and O–H groups in total. The van der Waals surface area contributed by atoms with Gasteiger partial charge in [0.2, 0.25) is 0 Å². The number of unbranched alkanes of at least 4 members (excludes halogenated alkanes) is 8. The zero-order valence-corrected chi connectivity index (χ0v) is 92.2. The predicted octanol–water partition coefficient (Wildman–Crippen LogP) is 34.1. The van der Waals surface area contributed by atoms with Gasteiger partial charge in [0.15, 0.2) is 0 Å². The molecule has 0 heterocycles. The summed E-state index contributed by atoms with van der Waals surface area (Å²) < 4.78 is 191. The Balaban J connectivity index is 7.97. The Labute approximate surface area is 774 Å². The molecule has 0 saturated carbocycles. The summed E-state index contributed by atoms with van der Waals surface area (Å²) in [5, 5.41) is 9.91. The van der Waals surface area contributed by atoms with Crippen LogP contribution in [0.2, 0.25) is 0 Å². The maximum absolute atomic E-state index is 15.8. The van der Waals surface area contributed by atoms with Crippen LogP contribution in [-0.2, 0) is 95.6 Å². The Morgan fingerprint density at radius 3 is 0.648 bits per heavy atom. The van der Waals surface area contributed by atoms with Crippen molar-refractivity contribution in [1.29, 1.82) is 0 Å². The Morgan fingerprint density at radius 2 is 0.443 bits per heavy atom. The maximum Gasteiger partial charge on any atom is 0.389 e. The molecule has 0 radical (unpaired) electrons. The summed E-state index contributed by atoms with van der Waals surface area (Å²) in [6, 6.07) is 0. The monoisotopic (exact) mass is 2000 g/mol. The molecule has 0 aliphatic carbocycles. The molecule has 17 unspecified atom stereocenters. The minimum absolute atomic E-state index is 0.0257. The van der Waals surface area contributed by atoms with E-state index in [0.717, 1.165) is 269 Å². The quantitative estimate of drug-likeness (QED) is 0.0554. The molecule has 0 aromatic rings. The second-order valence-electron chi connectivity index (χ2n) is 33.5. The zero-order chi connectivity index (χ0) is 92.0. The number of carbonyl (C=O) groups is 1. The molecule has 0 amide bonds. The highest BCUT2D eigenvalue weighted by Gasteiger charge is 2.42. The first kappa shape index (κ1) is 125. The lowest BCUT2D eigenvalue weighted by Crippen LogP contribution is -2.19. The van der Waals surface area contributed by atoms with Gasteiger partial charge in [-0.2, -0.15) is 0 Å². The van der Waals surface area contributed by atoms with Crippen molar-refractivity contribution < 1.29 is 101 Å². The van der Waals surface area contributed by atoms with Crippen molar-refractivity contribution in [2.45, 2.75) is 407 Å². The fraction of sp³-hybridized carbons (Fsp3) is 0.988. The highest BCUT2D eigenvalue weighted by atomic mass is 32.7. The first-order valence-electron chi connectivity index (χ1n) is 47.5. The number of carboxylic acid groups (broad SMARTS) is 1. The van der Waals surface area contributed by atoms with Crippen LogP contribution in [0, 0.1) is 47.3 Å². The standard InChI is InChI=1S/C86H179O22P7S7/c1-23-39-47-78(31-9)55-57-109(89,96-59-79(32-10)48-40-24-2)117-66-72(17)105-114(94,106-73(18)67-118-110(90,97-60-80(33-11)49-41-25-3)98-61-81(34-12)50-42-26-4)121-70-76(21)103-113(93,116-58-56-86(87)88)104-77(22)71-122-115(95,107-74(19)68-119-111(91,99-62-82(35-13)51-43-27-5)100-63-83(36-14)52-44-28-6)108-75(20)69-120-112(92,101-64-84(37-15)53-45-29-7)102-65-85(38-16)54-46-30-8/h72-85H,23-71H2,1-22H3,(H,87,88). The van der Waals surface area contributed by atoms with Gasteiger partial charge in [-0.3, -0.25) is 36.5 Å². The Morgan fingerprint density at radius 1 is 0.254 bits per heavy atom. The molecule has 0 rings (SSSR count). The minimum Gasteiger partial charge on any atom is -0.481 e. The molecule has 17 atom stereocenters. The van der Waals surface area contributed by atoms with Gasteiger partial charge in [-0.1, -0.05) is 283 Å². The molecule has 0 aliphatic heterocycles. The van der Waals surface area contributed by atoms with Gasteiger partial charge in [-0.25, -0.2) is 27.4 Å². The fourth-order valence-corrected chi connectivity index (χ4v) is 40.2. The molecule has 0 aromatic heterocycles. The summed E-state index contributed by atoms with van der Waals surface area (Å²) in [6.07, 6.45) is 26.0. The smallest absolute Gasteiger partial charge is 0.389 e. The molecule has 122 heavy (non-hydrogen) atoms. The highest BCUT2D eigenvalue weighted by Crippen LogP contribution is 2.71. The first-order chi connectivity index (χ1) is 58.0. The fourth-order valence-electron chi connectivity index (χ4n) is 12.8. The predicted molar refractivity (Wildman–Crippen MR) is 534 cm³/mol. The van der Waals surface area contributed by atoms with Gasteiger partial charge in [-0.05, 0) is 209 Å². The van der Waals surface area contributed by atoms with E-state index in [1.54, 1.807) is 41.5 Å². The van der Waals surface area contributed by atoms with E-state index in [4.69, 9.17) is 58.8 Å². The molecule has 0 bridgehead atoms. The molecule has 0 spiro atoms. The van der Waals surface area contributed by atoms with Crippen molar-refractivity contribution in [3.05, 3.63) is 0 Å². The maximum atomic E-state index is 15.8. The molecule has 22 nitrogen and oxygen atoms in total. The number of rotatable bonds is 90. The summed E-state index contributed by atoms with van der Waals surface area (Å²) in [4.78, 5) is 12.1. The lowest BCUT2D eigenvalue weighted by molar-refractivity contribution is -0.136. The second-order valence-corrected chi connectivity index (χ2v) is 62.9. The molecule has 0 fully saturated rings. The Bertz CT molecular complexity index is 2510. The molecule has 732 valence electrons. The summed E-state index contributed by atoms with van der Waals surface area (Å²) >= 11 is 6.53. The summed E-state index contributed by atoms with van der Waals surface area (Å²) in [7, 11) is 0. The van der Waals surface area contributed by atoms with Crippen LogP contribution in [0.4, 0.5) is 0 Å². The van der Waals surface area contributed by atoms with Crippen molar-refractivity contribution in [3.8, 4) is 0 Å². The van der Waals surface area contributed by atoms with Gasteiger partial charge in [0, 0.05) is 46.4 Å². The lowest BCUT2D eigenvalue weighted by atomic mass is 9.97. The number of carboxylic acids is 1. The van der Waals surface area contributed by atoms with E-state index in [1.807, 2.05) is 0 Å². The van der Waals surface area contributed by atoms with E-state index < -0.39 is 96.4 Å². The van der Waals surface area contributed by atoms with E-state index in [1.165, 1.54) is 11.4 Å². The van der Waals surface area contributed by atoms with Gasteiger partial charge in [0.05, 0.1) is 89.3 Å². The van der Waals surface area contributed by atoms with Crippen LogP contribution < -0.4 is 0 Å². The van der Waals surface area contributed by atoms with Crippen molar-refractivity contribution in [2.75, 3.05) is 92.7 Å². The summed E-state index contributed by atoms with van der Waals surface area (Å²) in [6.45, 7) is 18.2. The minimum atomic E-state index is -4.41. The molecule has 0 saturated heterocycles. The van der Waals surface area contributed by atoms with Crippen LogP contribution >= 0.6 is 127 Å². The van der Waals surface area contributed by atoms with Gasteiger partial charge in [0.25, 0.3) is 6.57 Å². The Kier molecular flexibility index (Phi) is 76.0. The number of aliphatic carboxylic acids is 1. The average molecular weight is 2010 g/mol. The highest BCUT2D eigenvalue weighted by molar-refractivity contribution is 8.57. The SMILES string of the molecule is CCCCC(CC)CCP(=O)(OCC(CC)CCCC)SCC(C)OP(=O)(OC(C)CSP(=O)(OCC(CC)CCCC)OCC(CC)CCCC)SCC(C)OP(=O)(OC(C)CSP(=O)(OC(C)CSP(=O)(OCC(CC)CCCC)OCC(CC)CCCC)OC(C)CSP(=O)(OCC(CC)CCCC)OCC(CC)CCCC)SCCC(=O)O. The number of hydrogen-bond donors (Lipinski definition) is 1. The molecular weight excluding hydrogens is 1830 g/mol. The normalized spacial score (nSPS) is 19.3. The molecule has 36 heteroatoms. The van der Waals surface area contributed by atoms with Gasteiger partial charge in [-0.15, -0.1) is 0 Å². The van der Waals surface area contributed by atoms with Gasteiger partial charge in [0.1, 0.15) is 0 Å². The van der Waals surface area contributed by atoms with Crippen LogP contribution in [0.25, 0.3) is 0 Å². The molecule has 0 aromatic carbocycles. The van der Waals surface area contributed by atoms with Crippen LogP contribution in [0.3, 0.4) is 0 Å². The van der Waals surface area contributed by atoms with Gasteiger partial charge < -0.3 is 36.8 Å². The number of hydrogen-bond acceptors (Lipinski definition) is 28. The van der Waals surface area contributed by atoms with Crippen molar-refractivity contribution in [2.24, 2.45) is 47.3 Å². The van der Waals surface area contributed by atoms with Crippen molar-refractivity contribution in [1.82, 2.24) is 0 Å². The van der Waals surface area contributed by atoms with E-state index in [-0.39, 0.29) is 121 Å². The van der Waals surface area contributed by atoms with Crippen LogP contribution in [-0.4, -0.2) is 140 Å². The van der Waals surface area contributed by atoms with Crippen LogP contribution in [0.15, 0.2) is 0 Å². The summed E-state index contributed by atoms with van der Waals surface area (Å²) in [5.41, 5.74) is 0. The van der Waals surface area contributed by atoms with Crippen LogP contribution in [0.1, 0.15) is 371 Å².